The van der Waals surface area contributed by atoms with Gasteiger partial charge in [-0.3, -0.25) is 10.1 Å². The highest BCUT2D eigenvalue weighted by Crippen LogP contribution is 2.34. The summed E-state index contributed by atoms with van der Waals surface area (Å²) < 4.78 is 0. The van der Waals surface area contributed by atoms with E-state index >= 15 is 0 Å². The van der Waals surface area contributed by atoms with Crippen molar-refractivity contribution in [3.63, 3.8) is 0 Å². The lowest BCUT2D eigenvalue weighted by Gasteiger charge is -2.13. The maximum atomic E-state index is 10.8. The lowest BCUT2D eigenvalue weighted by molar-refractivity contribution is -0.383. The van der Waals surface area contributed by atoms with Gasteiger partial charge >= 0.3 is 0 Å². The molecule has 1 saturated carbocycles. The molecule has 1 aromatic rings. The number of nitrogens with zero attached hydrogens (tertiary/aromatic N) is 1. The lowest BCUT2D eigenvalue weighted by Crippen LogP contribution is -2.31. The zero-order valence-corrected chi connectivity index (χ0v) is 9.98. The minimum Gasteiger partial charge on any atom is -0.377 e. The first-order valence-electron chi connectivity index (χ1n) is 5.52. The Kier molecular flexibility index (Phi) is 3.49. The molecular weight excluding hydrogens is 242 g/mol. The third kappa shape index (κ3) is 2.87. The number of hydrogen-bond donors (Lipinski definition) is 2. The second kappa shape index (κ2) is 4.89. The predicted octanol–water partition coefficient (Wildman–Crippen LogP) is 2.40. The van der Waals surface area contributed by atoms with Crippen LogP contribution in [0, 0.1) is 16.0 Å². The standard InChI is InChI=1S/C11H14ClN3O2/c12-8-2-1-3-10(15(16)17)11(8)14-6-9(13)7-4-5-7/h1-3,7,9,14H,4-6,13H2. The van der Waals surface area contributed by atoms with E-state index in [1.165, 1.54) is 6.07 Å². The average Bonchev–Trinajstić information content (AvgIpc) is 3.10. The van der Waals surface area contributed by atoms with Gasteiger partial charge in [-0.2, -0.15) is 0 Å². The van der Waals surface area contributed by atoms with Gasteiger partial charge in [0.05, 0.1) is 9.95 Å². The van der Waals surface area contributed by atoms with Gasteiger partial charge in [-0.15, -0.1) is 0 Å². The van der Waals surface area contributed by atoms with Gasteiger partial charge in [0.1, 0.15) is 5.69 Å². The summed E-state index contributed by atoms with van der Waals surface area (Å²) >= 11 is 5.94. The molecule has 1 atom stereocenters. The zero-order valence-electron chi connectivity index (χ0n) is 9.23. The second-order valence-electron chi connectivity index (χ2n) is 4.27. The highest BCUT2D eigenvalue weighted by atomic mass is 35.5. The van der Waals surface area contributed by atoms with Crippen LogP contribution < -0.4 is 11.1 Å². The Morgan fingerprint density at radius 3 is 2.88 bits per heavy atom. The van der Waals surface area contributed by atoms with Crippen molar-refractivity contribution in [1.29, 1.82) is 0 Å². The summed E-state index contributed by atoms with van der Waals surface area (Å²) in [6.07, 6.45) is 2.29. The van der Waals surface area contributed by atoms with Crippen LogP contribution in [0.3, 0.4) is 0 Å². The highest BCUT2D eigenvalue weighted by molar-refractivity contribution is 6.33. The van der Waals surface area contributed by atoms with Crippen LogP contribution in [0.5, 0.6) is 0 Å². The first-order valence-corrected chi connectivity index (χ1v) is 5.89. The van der Waals surface area contributed by atoms with Gasteiger partial charge in [0.15, 0.2) is 0 Å². The summed E-state index contributed by atoms with van der Waals surface area (Å²) in [5, 5.41) is 14.2. The van der Waals surface area contributed by atoms with Crippen molar-refractivity contribution in [3.05, 3.63) is 33.3 Å². The molecule has 1 aliphatic rings. The molecule has 17 heavy (non-hydrogen) atoms. The van der Waals surface area contributed by atoms with Crippen LogP contribution in [-0.4, -0.2) is 17.5 Å². The Hall–Kier alpha value is -1.33. The molecule has 2 rings (SSSR count). The van der Waals surface area contributed by atoms with E-state index in [2.05, 4.69) is 5.32 Å². The van der Waals surface area contributed by atoms with Crippen molar-refractivity contribution < 1.29 is 4.92 Å². The fraction of sp³-hybridized carbons (Fsp3) is 0.455. The Bertz CT molecular complexity index is 435. The average molecular weight is 256 g/mol. The van der Waals surface area contributed by atoms with E-state index in [4.69, 9.17) is 17.3 Å². The van der Waals surface area contributed by atoms with Gasteiger partial charge in [-0.25, -0.2) is 0 Å². The first-order chi connectivity index (χ1) is 8.09. The minimum atomic E-state index is -0.448. The number of para-hydroxylation sites is 1. The van der Waals surface area contributed by atoms with E-state index in [0.29, 0.717) is 23.2 Å². The van der Waals surface area contributed by atoms with E-state index in [1.807, 2.05) is 0 Å². The zero-order chi connectivity index (χ0) is 12.4. The third-order valence-corrected chi connectivity index (χ3v) is 3.25. The summed E-state index contributed by atoms with van der Waals surface area (Å²) in [5.74, 6) is 0.545. The molecule has 0 bridgehead atoms. The van der Waals surface area contributed by atoms with Gasteiger partial charge in [-0.05, 0) is 24.8 Å². The molecule has 6 heteroatoms. The molecule has 3 N–H and O–H groups in total. The summed E-state index contributed by atoms with van der Waals surface area (Å²) in [4.78, 5) is 10.4. The molecule has 0 aliphatic heterocycles. The number of nitro groups is 1. The van der Waals surface area contributed by atoms with Crippen LogP contribution in [0.15, 0.2) is 18.2 Å². The largest absolute Gasteiger partial charge is 0.377 e. The van der Waals surface area contributed by atoms with Crippen LogP contribution in [0.2, 0.25) is 5.02 Å². The van der Waals surface area contributed by atoms with E-state index in [1.54, 1.807) is 12.1 Å². The SMILES string of the molecule is NC(CNc1c(Cl)cccc1[N+](=O)[O-])C1CC1. The number of anilines is 1. The molecule has 5 nitrogen and oxygen atoms in total. The highest BCUT2D eigenvalue weighted by Gasteiger charge is 2.28. The van der Waals surface area contributed by atoms with Crippen molar-refractivity contribution in [1.82, 2.24) is 0 Å². The molecule has 1 aromatic carbocycles. The molecular formula is C11H14ClN3O2. The van der Waals surface area contributed by atoms with Gasteiger partial charge in [0.2, 0.25) is 0 Å². The van der Waals surface area contributed by atoms with Crippen LogP contribution in [0.1, 0.15) is 12.8 Å². The molecule has 0 radical (unpaired) electrons. The number of nitrogens with one attached hydrogen (secondary N) is 1. The summed E-state index contributed by atoms with van der Waals surface area (Å²) in [6, 6.07) is 4.65. The van der Waals surface area contributed by atoms with Crippen LogP contribution in [0.25, 0.3) is 0 Å². The van der Waals surface area contributed by atoms with Crippen molar-refractivity contribution in [2.75, 3.05) is 11.9 Å². The number of rotatable bonds is 5. The molecule has 1 fully saturated rings. The van der Waals surface area contributed by atoms with Gasteiger partial charge in [-0.1, -0.05) is 17.7 Å². The summed E-state index contributed by atoms with van der Waals surface area (Å²) in [7, 11) is 0. The van der Waals surface area contributed by atoms with E-state index in [-0.39, 0.29) is 11.7 Å². The molecule has 0 heterocycles. The van der Waals surface area contributed by atoms with Crippen LogP contribution in [0.4, 0.5) is 11.4 Å². The van der Waals surface area contributed by atoms with E-state index in [0.717, 1.165) is 12.8 Å². The molecule has 1 aliphatic carbocycles. The molecule has 92 valence electrons. The molecule has 0 aromatic heterocycles. The topological polar surface area (TPSA) is 81.2 Å². The Balaban J connectivity index is 2.10. The van der Waals surface area contributed by atoms with Crippen LogP contribution >= 0.6 is 11.6 Å². The maximum absolute atomic E-state index is 10.8. The van der Waals surface area contributed by atoms with Gasteiger partial charge < -0.3 is 11.1 Å². The second-order valence-corrected chi connectivity index (χ2v) is 4.68. The van der Waals surface area contributed by atoms with Gasteiger partial charge in [0.25, 0.3) is 5.69 Å². The number of benzene rings is 1. The first kappa shape index (κ1) is 12.1. The summed E-state index contributed by atoms with van der Waals surface area (Å²) in [5.41, 5.74) is 6.27. The number of nitrogens with two attached hydrogens (primary N) is 1. The quantitative estimate of drug-likeness (QED) is 0.625. The predicted molar refractivity (Wildman–Crippen MR) is 67.3 cm³/mol. The number of nitro benzene ring substituents is 1. The normalized spacial score (nSPS) is 16.6. The molecule has 0 saturated heterocycles. The van der Waals surface area contributed by atoms with E-state index in [9.17, 15) is 10.1 Å². The number of hydrogen-bond acceptors (Lipinski definition) is 4. The lowest BCUT2D eigenvalue weighted by atomic mass is 10.2. The molecule has 0 amide bonds. The number of halogens is 1. The minimum absolute atomic E-state index is 0.0134. The van der Waals surface area contributed by atoms with Crippen molar-refractivity contribution in [2.45, 2.75) is 18.9 Å². The maximum Gasteiger partial charge on any atom is 0.293 e. The van der Waals surface area contributed by atoms with Crippen molar-refractivity contribution in [3.8, 4) is 0 Å². The van der Waals surface area contributed by atoms with Crippen molar-refractivity contribution in [2.24, 2.45) is 11.7 Å². The Morgan fingerprint density at radius 1 is 1.59 bits per heavy atom. The molecule has 0 spiro atoms. The van der Waals surface area contributed by atoms with Crippen molar-refractivity contribution >= 4 is 23.0 Å². The third-order valence-electron chi connectivity index (χ3n) is 2.93. The summed E-state index contributed by atoms with van der Waals surface area (Å²) in [6.45, 7) is 0.509. The smallest absolute Gasteiger partial charge is 0.293 e. The monoisotopic (exact) mass is 255 g/mol. The fourth-order valence-electron chi connectivity index (χ4n) is 1.75. The Labute approximate surface area is 104 Å². The fourth-order valence-corrected chi connectivity index (χ4v) is 1.99. The Morgan fingerprint density at radius 2 is 2.29 bits per heavy atom. The van der Waals surface area contributed by atoms with Crippen LogP contribution in [-0.2, 0) is 0 Å². The van der Waals surface area contributed by atoms with E-state index < -0.39 is 4.92 Å². The molecule has 1 unspecified atom stereocenters. The van der Waals surface area contributed by atoms with Gasteiger partial charge in [0, 0.05) is 18.7 Å².